The molecule has 3 rings (SSSR count). The summed E-state index contributed by atoms with van der Waals surface area (Å²) in [6.45, 7) is 0. The van der Waals surface area contributed by atoms with Gasteiger partial charge < -0.3 is 14.2 Å². The van der Waals surface area contributed by atoms with E-state index in [0.29, 0.717) is 16.7 Å². The van der Waals surface area contributed by atoms with Gasteiger partial charge in [0.2, 0.25) is 5.91 Å². The second kappa shape index (κ2) is 7.33. The van der Waals surface area contributed by atoms with Gasteiger partial charge in [-0.2, -0.15) is 0 Å². The van der Waals surface area contributed by atoms with E-state index >= 15 is 0 Å². The van der Waals surface area contributed by atoms with Crippen molar-refractivity contribution < 1.29 is 13.6 Å². The molecule has 2 heterocycles. The summed E-state index contributed by atoms with van der Waals surface area (Å²) in [5, 5.41) is 10.9. The molecule has 9 heteroatoms. The summed E-state index contributed by atoms with van der Waals surface area (Å²) in [6.07, 6.45) is 1.52. The van der Waals surface area contributed by atoms with Crippen molar-refractivity contribution in [3.63, 3.8) is 0 Å². The number of hydrogen-bond acceptors (Lipinski definition) is 6. The molecule has 23 heavy (non-hydrogen) atoms. The first-order valence-electron chi connectivity index (χ1n) is 6.37. The van der Waals surface area contributed by atoms with E-state index in [9.17, 15) is 4.79 Å². The van der Waals surface area contributed by atoms with E-state index in [2.05, 4.69) is 47.4 Å². The molecule has 0 aliphatic carbocycles. The van der Waals surface area contributed by atoms with E-state index in [-0.39, 0.29) is 17.6 Å². The van der Waals surface area contributed by atoms with E-state index in [0.717, 1.165) is 20.7 Å². The quantitative estimate of drug-likeness (QED) is 0.563. The van der Waals surface area contributed by atoms with Crippen molar-refractivity contribution in [2.75, 3.05) is 11.1 Å². The Balaban J connectivity index is 1.58. The maximum absolute atomic E-state index is 12.0. The Morgan fingerprint density at radius 1 is 1.26 bits per heavy atom. The molecule has 1 aromatic carbocycles. The van der Waals surface area contributed by atoms with Crippen LogP contribution < -0.4 is 5.32 Å². The average molecular weight is 459 g/mol. The summed E-state index contributed by atoms with van der Waals surface area (Å²) in [5.41, 5.74) is 0.687. The third-order valence-corrected chi connectivity index (χ3v) is 4.67. The highest BCUT2D eigenvalue weighted by Crippen LogP contribution is 2.27. The van der Waals surface area contributed by atoms with Crippen molar-refractivity contribution >= 4 is 55.2 Å². The highest BCUT2D eigenvalue weighted by Gasteiger charge is 2.13. The van der Waals surface area contributed by atoms with Gasteiger partial charge in [-0.25, -0.2) is 0 Å². The van der Waals surface area contributed by atoms with Crippen LogP contribution >= 0.6 is 43.6 Å². The van der Waals surface area contributed by atoms with Gasteiger partial charge in [0, 0.05) is 8.95 Å². The monoisotopic (exact) mass is 457 g/mol. The lowest BCUT2D eigenvalue weighted by Gasteiger charge is -2.06. The molecule has 0 bridgehead atoms. The zero-order chi connectivity index (χ0) is 16.2. The zero-order valence-electron chi connectivity index (χ0n) is 11.5. The lowest BCUT2D eigenvalue weighted by Crippen LogP contribution is -2.14. The fraction of sp³-hybridized carbons (Fsp3) is 0.0714. The Hall–Kier alpha value is -1.58. The first kappa shape index (κ1) is 16.3. The molecule has 6 nitrogen and oxygen atoms in total. The number of nitrogens with zero attached hydrogens (tertiary/aromatic N) is 2. The second-order valence-corrected chi connectivity index (χ2v) is 7.01. The number of hydrogen-bond donors (Lipinski definition) is 1. The summed E-state index contributed by atoms with van der Waals surface area (Å²) in [6, 6.07) is 8.99. The number of anilines is 1. The molecule has 0 aliphatic heterocycles. The van der Waals surface area contributed by atoms with Gasteiger partial charge in [-0.05, 0) is 46.3 Å². The SMILES string of the molecule is O=C(CSc1nnc(-c2ccco2)o1)Nc1cc(Br)ccc1Br. The normalized spacial score (nSPS) is 10.7. The average Bonchev–Trinajstić information content (AvgIpc) is 3.19. The summed E-state index contributed by atoms with van der Waals surface area (Å²) >= 11 is 7.91. The van der Waals surface area contributed by atoms with Crippen molar-refractivity contribution in [2.45, 2.75) is 5.22 Å². The van der Waals surface area contributed by atoms with E-state index in [1.165, 1.54) is 6.26 Å². The number of amides is 1. The summed E-state index contributed by atoms with van der Waals surface area (Å²) < 4.78 is 12.3. The highest BCUT2D eigenvalue weighted by atomic mass is 79.9. The fourth-order valence-electron chi connectivity index (χ4n) is 1.67. The van der Waals surface area contributed by atoms with Crippen LogP contribution in [-0.4, -0.2) is 21.9 Å². The van der Waals surface area contributed by atoms with Crippen LogP contribution in [0.1, 0.15) is 0 Å². The minimum atomic E-state index is -0.174. The third-order valence-electron chi connectivity index (χ3n) is 2.67. The first-order valence-corrected chi connectivity index (χ1v) is 8.94. The Labute approximate surface area is 152 Å². The molecule has 0 atom stereocenters. The summed E-state index contributed by atoms with van der Waals surface area (Å²) in [5.74, 6) is 0.754. The van der Waals surface area contributed by atoms with Gasteiger partial charge in [0.25, 0.3) is 11.1 Å². The number of carbonyl (C=O) groups excluding carboxylic acids is 1. The highest BCUT2D eigenvalue weighted by molar-refractivity contribution is 9.11. The number of benzene rings is 1. The lowest BCUT2D eigenvalue weighted by atomic mass is 10.3. The molecule has 118 valence electrons. The van der Waals surface area contributed by atoms with Crippen molar-refractivity contribution in [3.8, 4) is 11.7 Å². The van der Waals surface area contributed by atoms with Crippen molar-refractivity contribution in [1.29, 1.82) is 0 Å². The molecular formula is C14H9Br2N3O3S. The van der Waals surface area contributed by atoms with Crippen molar-refractivity contribution in [3.05, 3.63) is 45.5 Å². The predicted octanol–water partition coefficient (Wildman–Crippen LogP) is 4.59. The molecule has 0 saturated heterocycles. The van der Waals surface area contributed by atoms with Crippen LogP contribution in [0, 0.1) is 0 Å². The Morgan fingerprint density at radius 2 is 2.13 bits per heavy atom. The molecular weight excluding hydrogens is 450 g/mol. The third kappa shape index (κ3) is 4.24. The van der Waals surface area contributed by atoms with Gasteiger partial charge in [0.1, 0.15) is 0 Å². The van der Waals surface area contributed by atoms with Gasteiger partial charge in [-0.15, -0.1) is 10.2 Å². The smallest absolute Gasteiger partial charge is 0.284 e. The van der Waals surface area contributed by atoms with Gasteiger partial charge >= 0.3 is 0 Å². The molecule has 0 spiro atoms. The minimum Gasteiger partial charge on any atom is -0.459 e. The molecule has 0 radical (unpaired) electrons. The predicted molar refractivity (Wildman–Crippen MR) is 93.2 cm³/mol. The standard InChI is InChI=1S/C14H9Br2N3O3S/c15-8-3-4-9(16)10(6-8)17-12(20)7-23-14-19-18-13(22-14)11-2-1-5-21-11/h1-6H,7H2,(H,17,20). The minimum absolute atomic E-state index is 0.152. The van der Waals surface area contributed by atoms with Gasteiger partial charge in [-0.3, -0.25) is 4.79 Å². The van der Waals surface area contributed by atoms with Crippen molar-refractivity contribution in [2.24, 2.45) is 0 Å². The molecule has 0 saturated carbocycles. The van der Waals surface area contributed by atoms with E-state index in [4.69, 9.17) is 8.83 Å². The van der Waals surface area contributed by atoms with Gasteiger partial charge in [0.05, 0.1) is 17.7 Å². The molecule has 0 fully saturated rings. The van der Waals surface area contributed by atoms with E-state index in [1.807, 2.05) is 18.2 Å². The summed E-state index contributed by atoms with van der Waals surface area (Å²) in [7, 11) is 0. The Morgan fingerprint density at radius 3 is 2.91 bits per heavy atom. The largest absolute Gasteiger partial charge is 0.459 e. The number of furan rings is 1. The number of carbonyl (C=O) groups is 1. The zero-order valence-corrected chi connectivity index (χ0v) is 15.4. The fourth-order valence-corrected chi connectivity index (χ4v) is 2.94. The van der Waals surface area contributed by atoms with Crippen LogP contribution in [0.3, 0.4) is 0 Å². The number of halogens is 2. The van der Waals surface area contributed by atoms with Crippen molar-refractivity contribution in [1.82, 2.24) is 10.2 Å². The number of nitrogens with one attached hydrogen (secondary N) is 1. The first-order chi connectivity index (χ1) is 11.1. The maximum Gasteiger partial charge on any atom is 0.284 e. The molecule has 3 aromatic rings. The second-order valence-electron chi connectivity index (χ2n) is 4.31. The molecule has 1 N–H and O–H groups in total. The molecule has 1 amide bonds. The Bertz CT molecular complexity index is 821. The van der Waals surface area contributed by atoms with E-state index in [1.54, 1.807) is 12.1 Å². The number of aromatic nitrogens is 2. The maximum atomic E-state index is 12.0. The van der Waals surface area contributed by atoms with Crippen LogP contribution in [0.4, 0.5) is 5.69 Å². The van der Waals surface area contributed by atoms with Crippen LogP contribution in [0.15, 0.2) is 59.6 Å². The van der Waals surface area contributed by atoms with Crippen LogP contribution in [0.5, 0.6) is 0 Å². The topological polar surface area (TPSA) is 81.2 Å². The van der Waals surface area contributed by atoms with Crippen LogP contribution in [0.25, 0.3) is 11.7 Å². The van der Waals surface area contributed by atoms with Gasteiger partial charge in [-0.1, -0.05) is 27.7 Å². The number of thioether (sulfide) groups is 1. The molecule has 0 aliphatic rings. The lowest BCUT2D eigenvalue weighted by molar-refractivity contribution is -0.113. The van der Waals surface area contributed by atoms with Gasteiger partial charge in [0.15, 0.2) is 5.76 Å². The Kier molecular flexibility index (Phi) is 5.19. The van der Waals surface area contributed by atoms with Crippen LogP contribution in [0.2, 0.25) is 0 Å². The number of rotatable bonds is 5. The molecule has 0 unspecified atom stereocenters. The summed E-state index contributed by atoms with van der Waals surface area (Å²) in [4.78, 5) is 12.0. The van der Waals surface area contributed by atoms with E-state index < -0.39 is 0 Å². The molecule has 2 aromatic heterocycles. The van der Waals surface area contributed by atoms with Crippen LogP contribution in [-0.2, 0) is 4.79 Å².